The highest BCUT2D eigenvalue weighted by molar-refractivity contribution is 7.89. The second-order valence-electron chi connectivity index (χ2n) is 10.6. The van der Waals surface area contributed by atoms with Crippen LogP contribution in [0.5, 0.6) is 5.75 Å². The van der Waals surface area contributed by atoms with Crippen LogP contribution in [0.2, 0.25) is 0 Å². The van der Waals surface area contributed by atoms with Gasteiger partial charge in [0, 0.05) is 45.6 Å². The summed E-state index contributed by atoms with van der Waals surface area (Å²) in [4.78, 5) is 38.8. The molecule has 1 amide bonds. The predicted molar refractivity (Wildman–Crippen MR) is 160 cm³/mol. The van der Waals surface area contributed by atoms with Crippen LogP contribution in [0.1, 0.15) is 38.2 Å². The first-order valence-corrected chi connectivity index (χ1v) is 15.8. The molecule has 1 aliphatic heterocycles. The molecule has 0 aliphatic carbocycles. The third-order valence-electron chi connectivity index (χ3n) is 7.38. The van der Waals surface area contributed by atoms with Gasteiger partial charge in [0.05, 0.1) is 29.3 Å². The number of H-pyrrole nitrogens is 1. The standard InChI is InChI=1S/C28H37N9O5S/c1-4-6-21-25-26(37(33-21)18-24-30-9-10-34(24)3)28(39)32-27(31-25)20-16-19(7-8-22(20)42-15-5-2)43(40,41)36-13-11-35(12-14-36)17-23(29)38/h7-10,16H,4-6,11-15,17-18H2,1-3H3,(H2,29,38)(H,31,32,39). The number of piperazine rings is 1. The number of benzene rings is 1. The smallest absolute Gasteiger partial charge is 0.277 e. The molecule has 3 N–H and O–H groups in total. The fraction of sp³-hybridized carbons (Fsp3) is 0.464. The Bertz CT molecular complexity index is 1790. The van der Waals surface area contributed by atoms with Gasteiger partial charge in [0.2, 0.25) is 15.9 Å². The topological polar surface area (TPSA) is 174 Å². The summed E-state index contributed by atoms with van der Waals surface area (Å²) in [7, 11) is -2.01. The maximum Gasteiger partial charge on any atom is 0.277 e. The third kappa shape index (κ3) is 6.33. The van der Waals surface area contributed by atoms with Crippen molar-refractivity contribution in [2.45, 2.75) is 44.6 Å². The summed E-state index contributed by atoms with van der Waals surface area (Å²) in [5.41, 5.74) is 6.71. The number of nitrogens with one attached hydrogen (secondary N) is 1. The van der Waals surface area contributed by atoms with Gasteiger partial charge in [0.1, 0.15) is 29.5 Å². The van der Waals surface area contributed by atoms with E-state index < -0.39 is 21.5 Å². The second kappa shape index (κ2) is 12.7. The van der Waals surface area contributed by atoms with E-state index in [0.717, 1.165) is 18.7 Å². The average molecular weight is 612 g/mol. The van der Waals surface area contributed by atoms with Crippen molar-refractivity contribution in [3.8, 4) is 17.1 Å². The fourth-order valence-electron chi connectivity index (χ4n) is 5.17. The minimum Gasteiger partial charge on any atom is -0.493 e. The van der Waals surface area contributed by atoms with Crippen LogP contribution in [0.25, 0.3) is 22.4 Å². The number of aryl methyl sites for hydroxylation is 2. The number of hydrogen-bond acceptors (Lipinski definition) is 9. The summed E-state index contributed by atoms with van der Waals surface area (Å²) in [6.45, 7) is 5.98. The molecule has 0 spiro atoms. The lowest BCUT2D eigenvalue weighted by Gasteiger charge is -2.33. The lowest BCUT2D eigenvalue weighted by atomic mass is 10.1. The van der Waals surface area contributed by atoms with Gasteiger partial charge in [-0.05, 0) is 31.0 Å². The molecular formula is C28H37N9O5S. The van der Waals surface area contributed by atoms with Gasteiger partial charge >= 0.3 is 0 Å². The number of imidazole rings is 1. The first-order chi connectivity index (χ1) is 20.6. The van der Waals surface area contributed by atoms with Crippen molar-refractivity contribution in [3.05, 3.63) is 52.5 Å². The largest absolute Gasteiger partial charge is 0.493 e. The van der Waals surface area contributed by atoms with Crippen molar-refractivity contribution in [2.75, 3.05) is 39.3 Å². The SMILES string of the molecule is CCCOc1ccc(S(=O)(=O)N2CCN(CC(N)=O)CC2)cc1-c1nc2c(CCC)nn(Cc3nccn3C)c2c(=O)[nH]1. The molecule has 0 bridgehead atoms. The number of carbonyl (C=O) groups is 1. The first-order valence-electron chi connectivity index (χ1n) is 14.4. The van der Waals surface area contributed by atoms with Gasteiger partial charge in [-0.1, -0.05) is 20.3 Å². The molecular weight excluding hydrogens is 574 g/mol. The number of fused-ring (bicyclic) bond motifs is 1. The Kier molecular flexibility index (Phi) is 8.94. The molecule has 1 saturated heterocycles. The number of nitrogens with two attached hydrogens (primary N) is 1. The van der Waals surface area contributed by atoms with Crippen molar-refractivity contribution >= 4 is 27.0 Å². The second-order valence-corrected chi connectivity index (χ2v) is 12.5. The van der Waals surface area contributed by atoms with Crippen LogP contribution >= 0.6 is 0 Å². The summed E-state index contributed by atoms with van der Waals surface area (Å²) in [6.07, 6.45) is 5.65. The van der Waals surface area contributed by atoms with Gasteiger partial charge < -0.3 is 20.0 Å². The van der Waals surface area contributed by atoms with E-state index in [-0.39, 0.29) is 30.4 Å². The number of rotatable bonds is 12. The van der Waals surface area contributed by atoms with E-state index in [4.69, 9.17) is 20.6 Å². The van der Waals surface area contributed by atoms with Crippen LogP contribution in [-0.2, 0) is 34.8 Å². The summed E-state index contributed by atoms with van der Waals surface area (Å²) in [6, 6.07) is 4.60. The molecule has 1 aliphatic rings. The maximum absolute atomic E-state index is 13.7. The molecule has 1 aromatic carbocycles. The Morgan fingerprint density at radius 2 is 1.91 bits per heavy atom. The van der Waals surface area contributed by atoms with Crippen molar-refractivity contribution in [3.63, 3.8) is 0 Å². The van der Waals surface area contributed by atoms with Crippen molar-refractivity contribution in [1.29, 1.82) is 0 Å². The summed E-state index contributed by atoms with van der Waals surface area (Å²) in [5, 5.41) is 4.72. The van der Waals surface area contributed by atoms with Gasteiger partial charge in [0.25, 0.3) is 5.56 Å². The van der Waals surface area contributed by atoms with Crippen LogP contribution in [0.3, 0.4) is 0 Å². The minimum absolute atomic E-state index is 0.0525. The molecule has 230 valence electrons. The Morgan fingerprint density at radius 1 is 1.14 bits per heavy atom. The van der Waals surface area contributed by atoms with Gasteiger partial charge in [-0.15, -0.1) is 0 Å². The molecule has 14 nitrogen and oxygen atoms in total. The van der Waals surface area contributed by atoms with E-state index in [9.17, 15) is 18.0 Å². The number of hydrogen-bond donors (Lipinski definition) is 2. The van der Waals surface area contributed by atoms with Crippen LogP contribution < -0.4 is 16.0 Å². The highest BCUT2D eigenvalue weighted by Crippen LogP contribution is 2.32. The van der Waals surface area contributed by atoms with E-state index in [0.29, 0.717) is 60.7 Å². The van der Waals surface area contributed by atoms with Crippen LogP contribution in [0.4, 0.5) is 0 Å². The van der Waals surface area contributed by atoms with E-state index >= 15 is 0 Å². The van der Waals surface area contributed by atoms with E-state index in [1.165, 1.54) is 16.4 Å². The molecule has 0 saturated carbocycles. The minimum atomic E-state index is -3.89. The highest BCUT2D eigenvalue weighted by atomic mass is 32.2. The number of nitrogens with zero attached hydrogens (tertiary/aromatic N) is 7. The number of carbonyl (C=O) groups excluding carboxylic acids is 1. The van der Waals surface area contributed by atoms with Crippen molar-refractivity contribution in [2.24, 2.45) is 12.8 Å². The van der Waals surface area contributed by atoms with Gasteiger partial charge in [-0.2, -0.15) is 9.40 Å². The zero-order valence-electron chi connectivity index (χ0n) is 24.6. The van der Waals surface area contributed by atoms with Gasteiger partial charge in [-0.25, -0.2) is 23.1 Å². The Balaban J connectivity index is 1.56. The monoisotopic (exact) mass is 611 g/mol. The first kappa shape index (κ1) is 30.4. The Labute approximate surface area is 249 Å². The normalized spacial score (nSPS) is 14.9. The summed E-state index contributed by atoms with van der Waals surface area (Å²) in [5.74, 6) is 0.888. The molecule has 1 fully saturated rings. The number of sulfonamides is 1. The quantitative estimate of drug-likeness (QED) is 0.238. The fourth-order valence-corrected chi connectivity index (χ4v) is 6.62. The highest BCUT2D eigenvalue weighted by Gasteiger charge is 2.30. The lowest BCUT2D eigenvalue weighted by Crippen LogP contribution is -2.50. The summed E-state index contributed by atoms with van der Waals surface area (Å²) >= 11 is 0. The molecule has 4 aromatic rings. The number of primary amides is 1. The molecule has 3 aromatic heterocycles. The lowest BCUT2D eigenvalue weighted by molar-refractivity contribution is -0.119. The molecule has 5 rings (SSSR count). The molecule has 15 heteroatoms. The summed E-state index contributed by atoms with van der Waals surface area (Å²) < 4.78 is 38.2. The number of aromatic amines is 1. The zero-order chi connectivity index (χ0) is 30.7. The number of amides is 1. The molecule has 0 unspecified atom stereocenters. The molecule has 0 atom stereocenters. The maximum atomic E-state index is 13.7. The van der Waals surface area contributed by atoms with E-state index in [1.54, 1.807) is 16.9 Å². The Morgan fingerprint density at radius 3 is 2.56 bits per heavy atom. The van der Waals surface area contributed by atoms with Crippen molar-refractivity contribution < 1.29 is 17.9 Å². The third-order valence-corrected chi connectivity index (χ3v) is 9.28. The van der Waals surface area contributed by atoms with Crippen LogP contribution in [0.15, 0.2) is 40.3 Å². The van der Waals surface area contributed by atoms with Crippen molar-refractivity contribution in [1.82, 2.24) is 38.5 Å². The molecule has 43 heavy (non-hydrogen) atoms. The molecule has 0 radical (unpaired) electrons. The van der Waals surface area contributed by atoms with E-state index in [2.05, 4.69) is 9.97 Å². The zero-order valence-corrected chi connectivity index (χ0v) is 25.4. The number of aromatic nitrogens is 6. The van der Waals surface area contributed by atoms with Crippen LogP contribution in [0, 0.1) is 0 Å². The van der Waals surface area contributed by atoms with E-state index in [1.807, 2.05) is 36.6 Å². The number of ether oxygens (including phenoxy) is 1. The van der Waals surface area contributed by atoms with Gasteiger partial charge in [0.15, 0.2) is 5.52 Å². The average Bonchev–Trinajstić information content (AvgIpc) is 3.54. The molecule has 4 heterocycles. The predicted octanol–water partition coefficient (Wildman–Crippen LogP) is 1.10. The van der Waals surface area contributed by atoms with Gasteiger partial charge in [-0.3, -0.25) is 14.5 Å². The Hall–Kier alpha value is -4.08. The van der Waals surface area contributed by atoms with Crippen LogP contribution in [-0.4, -0.2) is 92.2 Å².